The summed E-state index contributed by atoms with van der Waals surface area (Å²) in [5, 5.41) is 13.4. The Labute approximate surface area is 146 Å². The summed E-state index contributed by atoms with van der Waals surface area (Å²) in [7, 11) is 0. The lowest BCUT2D eigenvalue weighted by Crippen LogP contribution is -2.36. The molecule has 2 heterocycles. The lowest BCUT2D eigenvalue weighted by atomic mass is 10.1. The van der Waals surface area contributed by atoms with E-state index in [-0.39, 0.29) is 11.1 Å². The highest BCUT2D eigenvalue weighted by atomic mass is 16.5. The Morgan fingerprint density at radius 2 is 1.88 bits per heavy atom. The van der Waals surface area contributed by atoms with Gasteiger partial charge in [-0.1, -0.05) is 12.1 Å². The first-order chi connectivity index (χ1) is 12.1. The molecule has 1 fully saturated rings. The minimum atomic E-state index is -0.388. The van der Waals surface area contributed by atoms with Crippen molar-refractivity contribution in [2.75, 3.05) is 31.2 Å². The van der Waals surface area contributed by atoms with Gasteiger partial charge in [0, 0.05) is 24.5 Å². The van der Waals surface area contributed by atoms with Crippen molar-refractivity contribution in [2.45, 2.75) is 13.8 Å². The lowest BCUT2D eigenvalue weighted by Gasteiger charge is -2.28. The van der Waals surface area contributed by atoms with Crippen LogP contribution in [0.5, 0.6) is 0 Å². The van der Waals surface area contributed by atoms with Crippen molar-refractivity contribution < 1.29 is 4.74 Å². The van der Waals surface area contributed by atoms with Gasteiger partial charge < -0.3 is 9.64 Å². The molecule has 0 radical (unpaired) electrons. The third kappa shape index (κ3) is 3.62. The summed E-state index contributed by atoms with van der Waals surface area (Å²) in [5.74, 6) is 0. The van der Waals surface area contributed by atoms with Crippen LogP contribution in [-0.2, 0) is 4.74 Å². The fourth-order valence-electron chi connectivity index (χ4n) is 2.88. The number of rotatable bonds is 3. The van der Waals surface area contributed by atoms with Gasteiger partial charge in [0.1, 0.15) is 11.6 Å². The molecule has 0 atom stereocenters. The van der Waals surface area contributed by atoms with E-state index in [1.54, 1.807) is 26.1 Å². The Hall–Kier alpha value is -2.91. The molecular weight excluding hydrogens is 316 g/mol. The van der Waals surface area contributed by atoms with Gasteiger partial charge in [-0.15, -0.1) is 0 Å². The summed E-state index contributed by atoms with van der Waals surface area (Å²) < 4.78 is 6.63. The van der Waals surface area contributed by atoms with Crippen molar-refractivity contribution >= 4 is 11.9 Å². The summed E-state index contributed by atoms with van der Waals surface area (Å²) in [6, 6.07) is 11.8. The molecule has 6 heteroatoms. The normalized spacial score (nSPS) is 14.7. The standard InChI is InChI=1S/C19H20N4O2/c1-14-11-15(2)23(19(24)18(14)12-20)21-13-16-3-5-17(6-4-16)22-7-9-25-10-8-22/h3-6,11,13H,7-10H2,1-2H3/b21-13+. The van der Waals surface area contributed by atoms with Gasteiger partial charge in [-0.05, 0) is 43.2 Å². The monoisotopic (exact) mass is 336 g/mol. The molecule has 128 valence electrons. The van der Waals surface area contributed by atoms with Gasteiger partial charge >= 0.3 is 0 Å². The van der Waals surface area contributed by atoms with Crippen LogP contribution < -0.4 is 10.5 Å². The highest BCUT2D eigenvalue weighted by Crippen LogP contribution is 2.16. The van der Waals surface area contributed by atoms with Crippen molar-refractivity contribution in [2.24, 2.45) is 5.10 Å². The molecular formula is C19H20N4O2. The number of morpholine rings is 1. The average Bonchev–Trinajstić information content (AvgIpc) is 2.63. The predicted octanol–water partition coefficient (Wildman–Crippen LogP) is 2.06. The zero-order valence-electron chi connectivity index (χ0n) is 14.4. The van der Waals surface area contributed by atoms with Crippen molar-refractivity contribution in [1.82, 2.24) is 4.68 Å². The van der Waals surface area contributed by atoms with E-state index in [0.717, 1.165) is 37.6 Å². The zero-order chi connectivity index (χ0) is 17.8. The van der Waals surface area contributed by atoms with Gasteiger partial charge in [0.25, 0.3) is 5.56 Å². The Morgan fingerprint density at radius 3 is 2.52 bits per heavy atom. The molecule has 0 spiro atoms. The van der Waals surface area contributed by atoms with Crippen LogP contribution in [0.3, 0.4) is 0 Å². The molecule has 1 aromatic heterocycles. The highest BCUT2D eigenvalue weighted by molar-refractivity contribution is 5.80. The maximum Gasteiger partial charge on any atom is 0.289 e. The molecule has 6 nitrogen and oxygen atoms in total. The molecule has 3 rings (SSSR count). The van der Waals surface area contributed by atoms with Crippen LogP contribution in [0.25, 0.3) is 0 Å². The Balaban J connectivity index is 1.83. The summed E-state index contributed by atoms with van der Waals surface area (Å²) in [6.45, 7) is 6.84. The molecule has 0 bridgehead atoms. The van der Waals surface area contributed by atoms with Crippen molar-refractivity contribution in [3.8, 4) is 6.07 Å². The smallest absolute Gasteiger partial charge is 0.289 e. The average molecular weight is 336 g/mol. The third-order valence-electron chi connectivity index (χ3n) is 4.26. The van der Waals surface area contributed by atoms with Crippen LogP contribution in [0.15, 0.2) is 40.2 Å². The van der Waals surface area contributed by atoms with Gasteiger partial charge in [-0.2, -0.15) is 10.4 Å². The van der Waals surface area contributed by atoms with E-state index in [1.807, 2.05) is 30.3 Å². The summed E-state index contributed by atoms with van der Waals surface area (Å²) in [6.07, 6.45) is 1.63. The van der Waals surface area contributed by atoms with Crippen LogP contribution >= 0.6 is 0 Å². The fourth-order valence-corrected chi connectivity index (χ4v) is 2.88. The number of aromatic nitrogens is 1. The number of benzene rings is 1. The van der Waals surface area contributed by atoms with Crippen LogP contribution in [0.1, 0.15) is 22.4 Å². The number of pyridine rings is 1. The van der Waals surface area contributed by atoms with Crippen LogP contribution in [0, 0.1) is 25.2 Å². The second-order valence-electron chi connectivity index (χ2n) is 6.01. The van der Waals surface area contributed by atoms with E-state index in [1.165, 1.54) is 4.68 Å². The predicted molar refractivity (Wildman–Crippen MR) is 97.4 cm³/mol. The van der Waals surface area contributed by atoms with Crippen molar-refractivity contribution in [3.63, 3.8) is 0 Å². The van der Waals surface area contributed by atoms with E-state index in [0.29, 0.717) is 11.3 Å². The van der Waals surface area contributed by atoms with Gasteiger partial charge in [0.15, 0.2) is 0 Å². The third-order valence-corrected chi connectivity index (χ3v) is 4.26. The van der Waals surface area contributed by atoms with Gasteiger partial charge in [-0.25, -0.2) is 4.68 Å². The second kappa shape index (κ2) is 7.32. The number of aryl methyl sites for hydroxylation is 2. The van der Waals surface area contributed by atoms with Gasteiger partial charge in [-0.3, -0.25) is 4.79 Å². The zero-order valence-corrected chi connectivity index (χ0v) is 14.4. The molecule has 1 aromatic carbocycles. The molecule has 0 aliphatic carbocycles. The van der Waals surface area contributed by atoms with Crippen molar-refractivity contribution in [1.29, 1.82) is 5.26 Å². The Kier molecular flexibility index (Phi) is 4.96. The molecule has 0 unspecified atom stereocenters. The number of nitriles is 1. The summed E-state index contributed by atoms with van der Waals surface area (Å²) in [5.41, 5.74) is 3.15. The molecule has 1 aliphatic rings. The first kappa shape index (κ1) is 16.9. The van der Waals surface area contributed by atoms with Gasteiger partial charge in [0.05, 0.1) is 19.4 Å². The van der Waals surface area contributed by atoms with E-state index in [9.17, 15) is 4.79 Å². The number of anilines is 1. The minimum absolute atomic E-state index is 0.130. The van der Waals surface area contributed by atoms with Crippen molar-refractivity contribution in [3.05, 3.63) is 63.1 Å². The quantitative estimate of drug-likeness (QED) is 0.805. The number of hydrogen-bond acceptors (Lipinski definition) is 5. The molecule has 0 saturated carbocycles. The Morgan fingerprint density at radius 1 is 1.20 bits per heavy atom. The highest BCUT2D eigenvalue weighted by Gasteiger charge is 2.11. The molecule has 1 saturated heterocycles. The topological polar surface area (TPSA) is 70.6 Å². The maximum atomic E-state index is 12.3. The second-order valence-corrected chi connectivity index (χ2v) is 6.01. The summed E-state index contributed by atoms with van der Waals surface area (Å²) >= 11 is 0. The van der Waals surface area contributed by atoms with E-state index in [4.69, 9.17) is 10.00 Å². The molecule has 0 N–H and O–H groups in total. The number of hydrogen-bond donors (Lipinski definition) is 0. The molecule has 25 heavy (non-hydrogen) atoms. The summed E-state index contributed by atoms with van der Waals surface area (Å²) in [4.78, 5) is 14.6. The van der Waals surface area contributed by atoms with Gasteiger partial charge in [0.2, 0.25) is 0 Å². The molecule has 2 aromatic rings. The lowest BCUT2D eigenvalue weighted by molar-refractivity contribution is 0.122. The van der Waals surface area contributed by atoms with E-state index < -0.39 is 0 Å². The van der Waals surface area contributed by atoms with Crippen LogP contribution in [-0.4, -0.2) is 37.2 Å². The van der Waals surface area contributed by atoms with E-state index >= 15 is 0 Å². The van der Waals surface area contributed by atoms with E-state index in [2.05, 4.69) is 10.0 Å². The first-order valence-corrected chi connectivity index (χ1v) is 8.20. The minimum Gasteiger partial charge on any atom is -0.378 e. The maximum absolute atomic E-state index is 12.3. The number of nitrogens with zero attached hydrogens (tertiary/aromatic N) is 4. The molecule has 1 aliphatic heterocycles. The SMILES string of the molecule is Cc1cc(C)n(/N=C/c2ccc(N3CCOCC3)cc2)c(=O)c1C#N. The van der Waals surface area contributed by atoms with Crippen LogP contribution in [0.2, 0.25) is 0 Å². The largest absolute Gasteiger partial charge is 0.378 e. The van der Waals surface area contributed by atoms with Crippen LogP contribution in [0.4, 0.5) is 5.69 Å². The molecule has 0 amide bonds. The number of ether oxygens (including phenoxy) is 1. The first-order valence-electron chi connectivity index (χ1n) is 8.20. The Bertz CT molecular complexity index is 885. The fraction of sp³-hybridized carbons (Fsp3) is 0.316.